The van der Waals surface area contributed by atoms with E-state index in [9.17, 15) is 26.4 Å². The minimum atomic E-state index is -4.67. The summed E-state index contributed by atoms with van der Waals surface area (Å²) in [5.74, 6) is -0.822. The summed E-state index contributed by atoms with van der Waals surface area (Å²) < 4.78 is 69.9. The van der Waals surface area contributed by atoms with Gasteiger partial charge in [0.05, 0.1) is 17.3 Å². The molecule has 0 radical (unpaired) electrons. The van der Waals surface area contributed by atoms with Crippen molar-refractivity contribution in [3.05, 3.63) is 54.1 Å². The van der Waals surface area contributed by atoms with Crippen LogP contribution in [0.4, 0.5) is 13.2 Å². The monoisotopic (exact) mass is 472 g/mol. The number of carbonyl (C=O) groups is 1. The van der Waals surface area contributed by atoms with Crippen LogP contribution in [-0.4, -0.2) is 36.3 Å². The molecule has 1 aromatic carbocycles. The average molecular weight is 473 g/mol. The molecule has 0 saturated carbocycles. The lowest BCUT2D eigenvalue weighted by atomic mass is 10.2. The van der Waals surface area contributed by atoms with E-state index in [1.54, 1.807) is 38.1 Å². The zero-order valence-corrected chi connectivity index (χ0v) is 18.3. The minimum absolute atomic E-state index is 0.0430. The molecule has 0 saturated heterocycles. The molecule has 11 heteroatoms. The Hall–Kier alpha value is -2.66. The maximum atomic E-state index is 13.2. The van der Waals surface area contributed by atoms with Gasteiger partial charge in [-0.25, -0.2) is 13.4 Å². The van der Waals surface area contributed by atoms with Gasteiger partial charge >= 0.3 is 12.1 Å². The van der Waals surface area contributed by atoms with Crippen LogP contribution in [0.15, 0.2) is 47.5 Å². The molecule has 0 N–H and O–H groups in total. The van der Waals surface area contributed by atoms with E-state index in [0.29, 0.717) is 15.4 Å². The normalized spacial score (nSPS) is 12.2. The average Bonchev–Trinajstić information content (AvgIpc) is 3.35. The number of benzene rings is 1. The van der Waals surface area contributed by atoms with Gasteiger partial charge < -0.3 is 4.74 Å². The SMILES string of the molecule is CCOC(=O)Cc1nc(C(F)(F)F)cn1-c1ccc(-c2cccc(S(=O)(=O)CC)c2)s1. The van der Waals surface area contributed by atoms with E-state index in [-0.39, 0.29) is 23.1 Å². The summed E-state index contributed by atoms with van der Waals surface area (Å²) in [5, 5.41) is 0.404. The number of hydrogen-bond acceptors (Lipinski definition) is 6. The molecule has 3 aromatic rings. The molecule has 166 valence electrons. The summed E-state index contributed by atoms with van der Waals surface area (Å²) >= 11 is 1.15. The topological polar surface area (TPSA) is 78.3 Å². The second-order valence-corrected chi connectivity index (χ2v) is 9.80. The zero-order valence-electron chi connectivity index (χ0n) is 16.6. The van der Waals surface area contributed by atoms with E-state index in [0.717, 1.165) is 17.5 Å². The highest BCUT2D eigenvalue weighted by molar-refractivity contribution is 7.91. The van der Waals surface area contributed by atoms with Gasteiger partial charge in [-0.1, -0.05) is 19.1 Å². The lowest BCUT2D eigenvalue weighted by Gasteiger charge is -2.05. The molecule has 0 unspecified atom stereocenters. The largest absolute Gasteiger partial charge is 0.466 e. The molecular formula is C20H19F3N2O4S2. The Morgan fingerprint density at radius 3 is 2.58 bits per heavy atom. The summed E-state index contributed by atoms with van der Waals surface area (Å²) in [5.41, 5.74) is -0.494. The standard InChI is InChI=1S/C20H19F3N2O4S2/c1-3-29-19(26)11-17-24-16(20(21,22)23)12-25(17)18-9-8-15(30-18)13-6-5-7-14(10-13)31(27,28)4-2/h5-10,12H,3-4,11H2,1-2H3. The number of thiophene rings is 1. The van der Waals surface area contributed by atoms with Crippen LogP contribution in [0.3, 0.4) is 0 Å². The van der Waals surface area contributed by atoms with E-state index < -0.39 is 34.1 Å². The van der Waals surface area contributed by atoms with Crippen molar-refractivity contribution in [1.29, 1.82) is 0 Å². The molecule has 0 aliphatic carbocycles. The van der Waals surface area contributed by atoms with Gasteiger partial charge in [-0.05, 0) is 36.8 Å². The van der Waals surface area contributed by atoms with Crippen molar-refractivity contribution in [3.8, 4) is 15.4 Å². The summed E-state index contributed by atoms with van der Waals surface area (Å²) in [4.78, 5) is 16.2. The van der Waals surface area contributed by atoms with Gasteiger partial charge in [0, 0.05) is 11.1 Å². The highest BCUT2D eigenvalue weighted by Crippen LogP contribution is 2.35. The third kappa shape index (κ3) is 5.16. The molecule has 6 nitrogen and oxygen atoms in total. The van der Waals surface area contributed by atoms with Gasteiger partial charge in [-0.2, -0.15) is 13.2 Å². The Balaban J connectivity index is 2.01. The summed E-state index contributed by atoms with van der Waals surface area (Å²) in [7, 11) is -3.40. The van der Waals surface area contributed by atoms with Gasteiger partial charge in [-0.3, -0.25) is 9.36 Å². The summed E-state index contributed by atoms with van der Waals surface area (Å²) in [6, 6.07) is 9.64. The molecule has 31 heavy (non-hydrogen) atoms. The zero-order chi connectivity index (χ0) is 22.8. The van der Waals surface area contributed by atoms with Crippen LogP contribution in [0.2, 0.25) is 0 Å². The molecule has 0 atom stereocenters. The van der Waals surface area contributed by atoms with Gasteiger partial charge in [0.2, 0.25) is 0 Å². The van der Waals surface area contributed by atoms with Crippen molar-refractivity contribution in [3.63, 3.8) is 0 Å². The van der Waals surface area contributed by atoms with Crippen molar-refractivity contribution >= 4 is 27.1 Å². The van der Waals surface area contributed by atoms with E-state index >= 15 is 0 Å². The van der Waals surface area contributed by atoms with Crippen molar-refractivity contribution in [1.82, 2.24) is 9.55 Å². The first-order valence-corrected chi connectivity index (χ1v) is 11.8. The highest BCUT2D eigenvalue weighted by atomic mass is 32.2. The summed E-state index contributed by atoms with van der Waals surface area (Å²) in [6.45, 7) is 3.25. The van der Waals surface area contributed by atoms with Crippen LogP contribution in [0.25, 0.3) is 15.4 Å². The Bertz CT molecular complexity index is 1200. The third-order valence-corrected chi connectivity index (χ3v) is 7.23. The number of esters is 1. The van der Waals surface area contributed by atoms with Crippen molar-refractivity contribution in [2.45, 2.75) is 31.3 Å². The lowest BCUT2D eigenvalue weighted by Crippen LogP contribution is -2.11. The number of imidazole rings is 1. The van der Waals surface area contributed by atoms with Crippen LogP contribution >= 0.6 is 11.3 Å². The molecular weight excluding hydrogens is 453 g/mol. The quantitative estimate of drug-likeness (QED) is 0.473. The van der Waals surface area contributed by atoms with Gasteiger partial charge in [0.1, 0.15) is 17.2 Å². The van der Waals surface area contributed by atoms with Crippen LogP contribution in [-0.2, 0) is 32.0 Å². The number of hydrogen-bond donors (Lipinski definition) is 0. The van der Waals surface area contributed by atoms with E-state index in [1.165, 1.54) is 16.7 Å². The van der Waals surface area contributed by atoms with Crippen molar-refractivity contribution in [2.75, 3.05) is 12.4 Å². The first kappa shape index (κ1) is 23.0. The van der Waals surface area contributed by atoms with Gasteiger partial charge in [0.25, 0.3) is 0 Å². The third-order valence-electron chi connectivity index (χ3n) is 4.36. The smallest absolute Gasteiger partial charge is 0.434 e. The number of sulfone groups is 1. The fraction of sp³-hybridized carbons (Fsp3) is 0.300. The predicted molar refractivity (Wildman–Crippen MR) is 110 cm³/mol. The Morgan fingerprint density at radius 2 is 1.94 bits per heavy atom. The van der Waals surface area contributed by atoms with E-state index in [4.69, 9.17) is 4.74 Å². The van der Waals surface area contributed by atoms with Gasteiger partial charge in [-0.15, -0.1) is 11.3 Å². The van der Waals surface area contributed by atoms with Gasteiger partial charge in [0.15, 0.2) is 15.5 Å². The lowest BCUT2D eigenvalue weighted by molar-refractivity contribution is -0.143. The second kappa shape index (κ2) is 8.83. The van der Waals surface area contributed by atoms with Crippen LogP contribution < -0.4 is 0 Å². The van der Waals surface area contributed by atoms with E-state index in [2.05, 4.69) is 4.98 Å². The minimum Gasteiger partial charge on any atom is -0.466 e. The maximum absolute atomic E-state index is 13.2. The number of ether oxygens (including phenoxy) is 1. The summed E-state index contributed by atoms with van der Waals surface area (Å²) in [6.07, 6.45) is -4.25. The number of nitrogens with zero attached hydrogens (tertiary/aromatic N) is 2. The fourth-order valence-electron chi connectivity index (χ4n) is 2.83. The van der Waals surface area contributed by atoms with Crippen molar-refractivity contribution in [2.24, 2.45) is 0 Å². The van der Waals surface area contributed by atoms with E-state index in [1.807, 2.05) is 0 Å². The highest BCUT2D eigenvalue weighted by Gasteiger charge is 2.35. The Kier molecular flexibility index (Phi) is 6.56. The molecule has 0 aliphatic heterocycles. The molecule has 0 aliphatic rings. The number of alkyl halides is 3. The molecule has 2 heterocycles. The first-order valence-electron chi connectivity index (χ1n) is 9.29. The molecule has 0 bridgehead atoms. The molecule has 0 spiro atoms. The molecule has 0 amide bonds. The van der Waals surface area contributed by atoms with Crippen LogP contribution in [0.5, 0.6) is 0 Å². The molecule has 0 fully saturated rings. The molecule has 3 rings (SSSR count). The van der Waals surface area contributed by atoms with Crippen molar-refractivity contribution < 1.29 is 31.1 Å². The maximum Gasteiger partial charge on any atom is 0.434 e. The number of halogens is 3. The predicted octanol–water partition coefficient (Wildman–Crippen LogP) is 4.52. The van der Waals surface area contributed by atoms with Crippen LogP contribution in [0.1, 0.15) is 25.4 Å². The number of carbonyl (C=O) groups excluding carboxylic acids is 1. The number of aromatic nitrogens is 2. The fourth-order valence-corrected chi connectivity index (χ4v) is 4.76. The Morgan fingerprint density at radius 1 is 1.19 bits per heavy atom. The second-order valence-electron chi connectivity index (χ2n) is 6.46. The van der Waals surface area contributed by atoms with Crippen LogP contribution in [0, 0.1) is 0 Å². The Labute approximate surface area is 181 Å². The number of rotatable bonds is 7. The first-order chi connectivity index (χ1) is 14.5. The molecule has 2 aromatic heterocycles.